The van der Waals surface area contributed by atoms with Crippen molar-refractivity contribution < 1.29 is 14.2 Å². The third kappa shape index (κ3) is 9.19. The van der Waals surface area contributed by atoms with Crippen LogP contribution in [0.2, 0.25) is 0 Å². The van der Waals surface area contributed by atoms with Crippen molar-refractivity contribution in [2.75, 3.05) is 0 Å². The van der Waals surface area contributed by atoms with E-state index in [1.807, 2.05) is 0 Å². The molecule has 0 spiro atoms. The molecule has 0 fully saturated rings. The van der Waals surface area contributed by atoms with Crippen LogP contribution in [0.25, 0.3) is 0 Å². The molecule has 1 unspecified atom stereocenters. The highest BCUT2D eigenvalue weighted by Gasteiger charge is 2.46. The van der Waals surface area contributed by atoms with Crippen LogP contribution in [0.15, 0.2) is 24.3 Å². The highest BCUT2D eigenvalue weighted by molar-refractivity contribution is 5.30. The van der Waals surface area contributed by atoms with Gasteiger partial charge in [0.1, 0.15) is 0 Å². The molecule has 1 atom stereocenters. The zero-order chi connectivity index (χ0) is 21.9. The summed E-state index contributed by atoms with van der Waals surface area (Å²) in [6, 6.07) is 8.59. The van der Waals surface area contributed by atoms with Gasteiger partial charge >= 0.3 is 0 Å². The molecule has 0 aliphatic carbocycles. The second-order valence-electron chi connectivity index (χ2n) is 9.07. The van der Waals surface area contributed by atoms with Crippen LogP contribution in [0.5, 0.6) is 0 Å². The lowest BCUT2D eigenvalue weighted by Gasteiger charge is -2.43. The van der Waals surface area contributed by atoms with Crippen LogP contribution >= 0.6 is 0 Å². The predicted molar refractivity (Wildman–Crippen MR) is 123 cm³/mol. The number of ether oxygens (including phenoxy) is 3. The first-order valence-electron chi connectivity index (χ1n) is 11.8. The fourth-order valence-corrected chi connectivity index (χ4v) is 3.94. The van der Waals surface area contributed by atoms with E-state index in [0.29, 0.717) is 0 Å². The van der Waals surface area contributed by atoms with Gasteiger partial charge in [0, 0.05) is 0 Å². The van der Waals surface area contributed by atoms with Gasteiger partial charge in [-0.3, -0.25) is 0 Å². The molecule has 0 aliphatic heterocycles. The maximum atomic E-state index is 6.48. The second-order valence-corrected chi connectivity index (χ2v) is 9.07. The summed E-state index contributed by atoms with van der Waals surface area (Å²) in [5, 5.41) is 0. The number of aryl methyl sites for hydroxylation is 1. The van der Waals surface area contributed by atoms with Gasteiger partial charge in [-0.15, -0.1) is 0 Å². The van der Waals surface area contributed by atoms with E-state index in [4.69, 9.17) is 14.2 Å². The summed E-state index contributed by atoms with van der Waals surface area (Å²) in [7, 11) is 0. The lowest BCUT2D eigenvalue weighted by Crippen LogP contribution is -2.50. The molecule has 0 bridgehead atoms. The van der Waals surface area contributed by atoms with Crippen molar-refractivity contribution in [3.05, 3.63) is 35.4 Å². The van der Waals surface area contributed by atoms with Gasteiger partial charge in [0.2, 0.25) is 0 Å². The van der Waals surface area contributed by atoms with Crippen LogP contribution in [0.1, 0.15) is 110 Å². The normalized spacial score (nSPS) is 13.6. The standard InChI is InChI=1S/C26H46O3/c1-9-10-11-12-13-14-19-25(24-18-16-15-17-23(24)8)26(27-20(2)3,28-21(4)5)29-22(6)7/h15-18,20-22,25H,9-14,19H2,1-8H3. The minimum Gasteiger partial charge on any atom is -0.324 e. The molecule has 0 radical (unpaired) electrons. The molecule has 0 amide bonds. The monoisotopic (exact) mass is 406 g/mol. The summed E-state index contributed by atoms with van der Waals surface area (Å²) in [5.41, 5.74) is 2.53. The highest BCUT2D eigenvalue weighted by Crippen LogP contribution is 2.42. The smallest absolute Gasteiger partial charge is 0.290 e. The van der Waals surface area contributed by atoms with Crippen LogP contribution in [-0.2, 0) is 14.2 Å². The van der Waals surface area contributed by atoms with Crippen molar-refractivity contribution in [3.63, 3.8) is 0 Å². The average Bonchev–Trinajstić information content (AvgIpc) is 2.60. The maximum absolute atomic E-state index is 6.48. The first-order valence-corrected chi connectivity index (χ1v) is 11.8. The highest BCUT2D eigenvalue weighted by atomic mass is 16.9. The lowest BCUT2D eigenvalue weighted by atomic mass is 9.87. The van der Waals surface area contributed by atoms with Gasteiger partial charge < -0.3 is 14.2 Å². The van der Waals surface area contributed by atoms with Crippen molar-refractivity contribution in [1.29, 1.82) is 0 Å². The van der Waals surface area contributed by atoms with Crippen LogP contribution in [0.3, 0.4) is 0 Å². The zero-order valence-electron chi connectivity index (χ0n) is 20.3. The Balaban J connectivity index is 3.24. The number of hydrogen-bond donors (Lipinski definition) is 0. The molecule has 29 heavy (non-hydrogen) atoms. The number of rotatable bonds is 15. The minimum absolute atomic E-state index is 0.00331. The predicted octanol–water partition coefficient (Wildman–Crippen LogP) is 7.76. The molecule has 168 valence electrons. The number of hydrogen-bond acceptors (Lipinski definition) is 3. The first-order chi connectivity index (χ1) is 13.7. The van der Waals surface area contributed by atoms with Gasteiger partial charge in [-0.05, 0) is 66.0 Å². The Hall–Kier alpha value is -0.900. The number of unbranched alkanes of at least 4 members (excludes halogenated alkanes) is 5. The Kier molecular flexibility index (Phi) is 12.1. The molecule has 0 N–H and O–H groups in total. The van der Waals surface area contributed by atoms with E-state index in [-0.39, 0.29) is 24.2 Å². The molecular formula is C26H46O3. The molecule has 0 saturated heterocycles. The van der Waals surface area contributed by atoms with Crippen molar-refractivity contribution in [1.82, 2.24) is 0 Å². The number of benzene rings is 1. The minimum atomic E-state index is -1.08. The largest absolute Gasteiger partial charge is 0.324 e. The van der Waals surface area contributed by atoms with Gasteiger partial charge in [-0.1, -0.05) is 69.7 Å². The molecule has 0 aromatic heterocycles. The molecule has 3 nitrogen and oxygen atoms in total. The zero-order valence-corrected chi connectivity index (χ0v) is 20.3. The van der Waals surface area contributed by atoms with Crippen LogP contribution < -0.4 is 0 Å². The summed E-state index contributed by atoms with van der Waals surface area (Å²) in [4.78, 5) is 0. The molecule has 1 aromatic carbocycles. The third-order valence-corrected chi connectivity index (χ3v) is 5.04. The summed E-state index contributed by atoms with van der Waals surface area (Å²) in [6.07, 6.45) is 8.61. The van der Waals surface area contributed by atoms with E-state index >= 15 is 0 Å². The van der Waals surface area contributed by atoms with E-state index in [0.717, 1.165) is 12.8 Å². The van der Waals surface area contributed by atoms with E-state index in [9.17, 15) is 0 Å². The Labute approximate surface area is 180 Å². The fourth-order valence-electron chi connectivity index (χ4n) is 3.94. The van der Waals surface area contributed by atoms with Gasteiger partial charge in [0.05, 0.1) is 24.2 Å². The molecule has 0 aliphatic rings. The van der Waals surface area contributed by atoms with E-state index in [2.05, 4.69) is 79.7 Å². The SMILES string of the molecule is CCCCCCCCC(c1ccccc1C)C(OC(C)C)(OC(C)C)OC(C)C. The third-order valence-electron chi connectivity index (χ3n) is 5.04. The molecule has 0 saturated carbocycles. The topological polar surface area (TPSA) is 27.7 Å². The van der Waals surface area contributed by atoms with Crippen LogP contribution in [0, 0.1) is 6.92 Å². The molecular weight excluding hydrogens is 360 g/mol. The van der Waals surface area contributed by atoms with Crippen LogP contribution in [0.4, 0.5) is 0 Å². The summed E-state index contributed by atoms with van der Waals surface area (Å²) in [6.45, 7) is 16.8. The van der Waals surface area contributed by atoms with Gasteiger partial charge in [-0.2, -0.15) is 0 Å². The molecule has 3 heteroatoms. The molecule has 0 heterocycles. The van der Waals surface area contributed by atoms with Gasteiger partial charge in [-0.25, -0.2) is 0 Å². The lowest BCUT2D eigenvalue weighted by molar-refractivity contribution is -0.420. The average molecular weight is 407 g/mol. The van der Waals surface area contributed by atoms with Crippen molar-refractivity contribution in [2.45, 2.75) is 131 Å². The van der Waals surface area contributed by atoms with Crippen LogP contribution in [-0.4, -0.2) is 24.3 Å². The molecule has 1 rings (SSSR count). The maximum Gasteiger partial charge on any atom is 0.290 e. The van der Waals surface area contributed by atoms with Crippen molar-refractivity contribution in [3.8, 4) is 0 Å². The van der Waals surface area contributed by atoms with Gasteiger partial charge in [0.25, 0.3) is 5.97 Å². The fraction of sp³-hybridized carbons (Fsp3) is 0.769. The first kappa shape index (κ1) is 26.1. The summed E-state index contributed by atoms with van der Waals surface area (Å²) < 4.78 is 19.4. The Bertz CT molecular complexity index is 524. The van der Waals surface area contributed by atoms with Crippen molar-refractivity contribution >= 4 is 0 Å². The van der Waals surface area contributed by atoms with E-state index in [1.165, 1.54) is 43.2 Å². The Morgan fingerprint density at radius 3 is 1.69 bits per heavy atom. The Morgan fingerprint density at radius 2 is 1.21 bits per heavy atom. The van der Waals surface area contributed by atoms with Crippen molar-refractivity contribution in [2.24, 2.45) is 0 Å². The summed E-state index contributed by atoms with van der Waals surface area (Å²) in [5.74, 6) is -1.05. The molecule has 1 aromatic rings. The quantitative estimate of drug-likeness (QED) is 0.220. The van der Waals surface area contributed by atoms with E-state index < -0.39 is 5.97 Å². The Morgan fingerprint density at radius 1 is 0.724 bits per heavy atom. The van der Waals surface area contributed by atoms with E-state index in [1.54, 1.807) is 0 Å². The van der Waals surface area contributed by atoms with Gasteiger partial charge in [0.15, 0.2) is 0 Å². The second kappa shape index (κ2) is 13.4. The summed E-state index contributed by atoms with van der Waals surface area (Å²) >= 11 is 0.